The molecule has 106 valence electrons. The molecule has 2 atom stereocenters. The van der Waals surface area contributed by atoms with Crippen molar-refractivity contribution in [1.82, 2.24) is 0 Å². The normalized spacial score (nSPS) is 46.0. The maximum Gasteiger partial charge on any atom is 0.0716 e. The van der Waals surface area contributed by atoms with Gasteiger partial charge in [-0.1, -0.05) is 33.1 Å². The Kier molecular flexibility index (Phi) is 4.38. The first-order chi connectivity index (χ1) is 8.55. The average molecular weight is 253 g/mol. The van der Waals surface area contributed by atoms with E-state index in [-0.39, 0.29) is 5.41 Å². The topological polar surface area (TPSA) is 46.2 Å². The van der Waals surface area contributed by atoms with E-state index in [2.05, 4.69) is 13.8 Å². The van der Waals surface area contributed by atoms with Crippen molar-refractivity contribution < 1.29 is 5.11 Å². The van der Waals surface area contributed by atoms with Gasteiger partial charge in [0, 0.05) is 12.0 Å². The molecule has 0 aromatic rings. The molecule has 2 nitrogen and oxygen atoms in total. The van der Waals surface area contributed by atoms with Crippen molar-refractivity contribution >= 4 is 0 Å². The van der Waals surface area contributed by atoms with E-state index >= 15 is 0 Å². The molecule has 2 fully saturated rings. The molecule has 18 heavy (non-hydrogen) atoms. The fourth-order valence-electron chi connectivity index (χ4n) is 4.40. The van der Waals surface area contributed by atoms with Gasteiger partial charge in [0.1, 0.15) is 0 Å². The van der Waals surface area contributed by atoms with Gasteiger partial charge < -0.3 is 10.8 Å². The molecule has 2 saturated carbocycles. The number of hydrogen-bond acceptors (Lipinski definition) is 2. The molecule has 0 spiro atoms. The third-order valence-corrected chi connectivity index (χ3v) is 6.00. The van der Waals surface area contributed by atoms with Gasteiger partial charge in [0.15, 0.2) is 0 Å². The molecule has 2 rings (SSSR count). The zero-order valence-corrected chi connectivity index (χ0v) is 12.3. The predicted molar refractivity (Wildman–Crippen MR) is 76.3 cm³/mol. The van der Waals surface area contributed by atoms with Crippen molar-refractivity contribution in [3.05, 3.63) is 0 Å². The lowest BCUT2D eigenvalue weighted by Crippen LogP contribution is -2.56. The van der Waals surface area contributed by atoms with Gasteiger partial charge in [-0.05, 0) is 50.4 Å². The standard InChI is InChI=1S/C16H31NO/c1-3-14-5-4-8-15(11-14,12-17)16(18)9-6-13(2)7-10-16/h13-14,18H,3-12,17H2,1-2H3. The van der Waals surface area contributed by atoms with Crippen LogP contribution in [0.15, 0.2) is 0 Å². The summed E-state index contributed by atoms with van der Waals surface area (Å²) >= 11 is 0. The lowest BCUT2D eigenvalue weighted by molar-refractivity contribution is -0.135. The van der Waals surface area contributed by atoms with Gasteiger partial charge in [-0.25, -0.2) is 0 Å². The van der Waals surface area contributed by atoms with Gasteiger partial charge in [-0.3, -0.25) is 0 Å². The summed E-state index contributed by atoms with van der Waals surface area (Å²) in [4.78, 5) is 0. The Labute approximate surface area is 112 Å². The molecule has 0 heterocycles. The Bertz CT molecular complexity index is 270. The Balaban J connectivity index is 2.15. The fraction of sp³-hybridized carbons (Fsp3) is 1.00. The number of hydrogen-bond donors (Lipinski definition) is 2. The Hall–Kier alpha value is -0.0800. The van der Waals surface area contributed by atoms with Crippen LogP contribution in [0.4, 0.5) is 0 Å². The lowest BCUT2D eigenvalue weighted by Gasteiger charge is -2.53. The molecule has 0 bridgehead atoms. The molecular formula is C16H31NO. The van der Waals surface area contributed by atoms with Crippen LogP contribution >= 0.6 is 0 Å². The first-order valence-corrected chi connectivity index (χ1v) is 7.98. The van der Waals surface area contributed by atoms with Crippen molar-refractivity contribution in [1.29, 1.82) is 0 Å². The zero-order valence-electron chi connectivity index (χ0n) is 12.3. The van der Waals surface area contributed by atoms with Crippen molar-refractivity contribution in [2.75, 3.05) is 6.54 Å². The minimum absolute atomic E-state index is 0.0199. The van der Waals surface area contributed by atoms with E-state index in [9.17, 15) is 5.11 Å². The van der Waals surface area contributed by atoms with Gasteiger partial charge in [-0.15, -0.1) is 0 Å². The molecule has 0 radical (unpaired) electrons. The summed E-state index contributed by atoms with van der Waals surface area (Å²) in [6, 6.07) is 0. The molecule has 2 unspecified atom stereocenters. The highest BCUT2D eigenvalue weighted by atomic mass is 16.3. The summed E-state index contributed by atoms with van der Waals surface area (Å²) in [6.07, 6.45) is 10.4. The molecule has 0 aromatic carbocycles. The van der Waals surface area contributed by atoms with Crippen LogP contribution in [0.3, 0.4) is 0 Å². The monoisotopic (exact) mass is 253 g/mol. The van der Waals surface area contributed by atoms with Crippen molar-refractivity contribution in [2.45, 2.75) is 77.2 Å². The molecule has 3 N–H and O–H groups in total. The maximum atomic E-state index is 11.2. The van der Waals surface area contributed by atoms with Crippen LogP contribution in [0.1, 0.15) is 71.6 Å². The van der Waals surface area contributed by atoms with Gasteiger partial charge in [-0.2, -0.15) is 0 Å². The van der Waals surface area contributed by atoms with Crippen LogP contribution in [-0.2, 0) is 0 Å². The van der Waals surface area contributed by atoms with Gasteiger partial charge >= 0.3 is 0 Å². The highest BCUT2D eigenvalue weighted by Gasteiger charge is 2.51. The van der Waals surface area contributed by atoms with Crippen molar-refractivity contribution in [3.63, 3.8) is 0 Å². The van der Waals surface area contributed by atoms with E-state index in [0.29, 0.717) is 6.54 Å². The molecule has 0 saturated heterocycles. The highest BCUT2D eigenvalue weighted by molar-refractivity contribution is 5.04. The summed E-state index contributed by atoms with van der Waals surface area (Å²) in [5.74, 6) is 1.57. The Morgan fingerprint density at radius 3 is 2.39 bits per heavy atom. The van der Waals surface area contributed by atoms with Crippen LogP contribution in [0.5, 0.6) is 0 Å². The smallest absolute Gasteiger partial charge is 0.0716 e. The Morgan fingerprint density at radius 1 is 1.17 bits per heavy atom. The first-order valence-electron chi connectivity index (χ1n) is 7.98. The summed E-state index contributed by atoms with van der Waals surface area (Å²) in [6.45, 7) is 5.27. The molecule has 0 aromatic heterocycles. The van der Waals surface area contributed by atoms with Crippen LogP contribution in [-0.4, -0.2) is 17.3 Å². The third-order valence-electron chi connectivity index (χ3n) is 6.00. The lowest BCUT2D eigenvalue weighted by atomic mass is 9.56. The van der Waals surface area contributed by atoms with E-state index < -0.39 is 5.60 Å². The van der Waals surface area contributed by atoms with E-state index in [1.54, 1.807) is 0 Å². The van der Waals surface area contributed by atoms with Gasteiger partial charge in [0.05, 0.1) is 5.60 Å². The van der Waals surface area contributed by atoms with Crippen molar-refractivity contribution in [2.24, 2.45) is 23.0 Å². The second kappa shape index (κ2) is 5.50. The SMILES string of the molecule is CCC1CCCC(CN)(C2(O)CCC(C)CC2)C1. The molecule has 2 aliphatic carbocycles. The fourth-order valence-corrected chi connectivity index (χ4v) is 4.40. The predicted octanol–water partition coefficient (Wildman–Crippen LogP) is 3.47. The van der Waals surface area contributed by atoms with E-state index in [1.165, 1.54) is 32.1 Å². The van der Waals surface area contributed by atoms with Crippen molar-refractivity contribution in [3.8, 4) is 0 Å². The van der Waals surface area contributed by atoms with Gasteiger partial charge in [0.25, 0.3) is 0 Å². The number of rotatable bonds is 3. The average Bonchev–Trinajstić information content (AvgIpc) is 2.42. The summed E-state index contributed by atoms with van der Waals surface area (Å²) in [7, 11) is 0. The van der Waals surface area contributed by atoms with Crippen LogP contribution < -0.4 is 5.73 Å². The van der Waals surface area contributed by atoms with E-state index in [4.69, 9.17) is 5.73 Å². The van der Waals surface area contributed by atoms with Crippen LogP contribution in [0.2, 0.25) is 0 Å². The minimum atomic E-state index is -0.470. The molecule has 2 heteroatoms. The summed E-state index contributed by atoms with van der Waals surface area (Å²) < 4.78 is 0. The highest BCUT2D eigenvalue weighted by Crippen LogP contribution is 2.52. The molecule has 0 aliphatic heterocycles. The largest absolute Gasteiger partial charge is 0.389 e. The number of aliphatic hydroxyl groups is 1. The van der Waals surface area contributed by atoms with Crippen LogP contribution in [0.25, 0.3) is 0 Å². The van der Waals surface area contributed by atoms with E-state index in [0.717, 1.165) is 37.5 Å². The second-order valence-electron chi connectivity index (χ2n) is 7.07. The zero-order chi connectivity index (χ0) is 13.2. The van der Waals surface area contributed by atoms with Crippen LogP contribution in [0, 0.1) is 17.3 Å². The molecular weight excluding hydrogens is 222 g/mol. The third kappa shape index (κ3) is 2.46. The number of nitrogens with two attached hydrogens (primary N) is 1. The molecule has 2 aliphatic rings. The summed E-state index contributed by atoms with van der Waals surface area (Å²) in [5, 5.41) is 11.2. The second-order valence-corrected chi connectivity index (χ2v) is 7.07. The quantitative estimate of drug-likeness (QED) is 0.809. The first kappa shape index (κ1) is 14.3. The maximum absolute atomic E-state index is 11.2. The molecule has 0 amide bonds. The van der Waals surface area contributed by atoms with E-state index in [1.807, 2.05) is 0 Å². The Morgan fingerprint density at radius 2 is 1.83 bits per heavy atom. The summed E-state index contributed by atoms with van der Waals surface area (Å²) in [5.41, 5.74) is 5.70. The minimum Gasteiger partial charge on any atom is -0.389 e. The van der Waals surface area contributed by atoms with Gasteiger partial charge in [0.2, 0.25) is 0 Å².